The Morgan fingerprint density at radius 2 is 1.94 bits per heavy atom. The molecule has 5 nitrogen and oxygen atoms in total. The fraction of sp³-hybridized carbons (Fsp3) is 0.818. The van der Waals surface area contributed by atoms with Gasteiger partial charge in [-0.05, 0) is 24.7 Å². The molecule has 1 rings (SSSR count). The molecule has 1 fully saturated rings. The maximum absolute atomic E-state index is 11.5. The van der Waals surface area contributed by atoms with Crippen molar-refractivity contribution in [3.05, 3.63) is 0 Å². The molecule has 1 aliphatic rings. The Morgan fingerprint density at radius 3 is 2.25 bits per heavy atom. The number of nitrogens with two attached hydrogens (primary N) is 1. The van der Waals surface area contributed by atoms with Crippen LogP contribution in [0.4, 0.5) is 0 Å². The van der Waals surface area contributed by atoms with Crippen LogP contribution in [0.25, 0.3) is 0 Å². The van der Waals surface area contributed by atoms with Crippen LogP contribution in [-0.4, -0.2) is 31.1 Å². The average Bonchev–Trinajstić information content (AvgIpc) is 3.00. The second-order valence-corrected chi connectivity index (χ2v) is 4.63. The number of ether oxygens (including phenoxy) is 1. The van der Waals surface area contributed by atoms with E-state index < -0.39 is 18.0 Å². The zero-order chi connectivity index (χ0) is 12.3. The van der Waals surface area contributed by atoms with Gasteiger partial charge < -0.3 is 10.5 Å². The molecule has 0 aromatic rings. The summed E-state index contributed by atoms with van der Waals surface area (Å²) in [4.78, 5) is 22.8. The minimum Gasteiger partial charge on any atom is -0.468 e. The summed E-state index contributed by atoms with van der Waals surface area (Å²) in [6.45, 7) is 3.79. The maximum atomic E-state index is 11.5. The number of hydrogen-bond acceptors (Lipinski definition) is 4. The Morgan fingerprint density at radius 1 is 1.38 bits per heavy atom. The number of amides is 1. The van der Waals surface area contributed by atoms with Gasteiger partial charge in [-0.1, -0.05) is 13.8 Å². The molecule has 92 valence electrons. The second kappa shape index (κ2) is 5.30. The van der Waals surface area contributed by atoms with E-state index in [1.807, 2.05) is 13.8 Å². The standard InChI is InChI=1S/C11H20N2O3/c1-6(2)8(10(12)14)13-9(7-4-5-7)11(15)16-3/h6-9,13H,4-5H2,1-3H3,(H2,12,14). The van der Waals surface area contributed by atoms with E-state index >= 15 is 0 Å². The molecule has 1 amide bonds. The predicted molar refractivity (Wildman–Crippen MR) is 59.5 cm³/mol. The Bertz CT molecular complexity index is 274. The van der Waals surface area contributed by atoms with E-state index in [1.54, 1.807) is 0 Å². The van der Waals surface area contributed by atoms with Crippen molar-refractivity contribution in [2.75, 3.05) is 7.11 Å². The smallest absolute Gasteiger partial charge is 0.323 e. The van der Waals surface area contributed by atoms with Gasteiger partial charge in [0.25, 0.3) is 0 Å². The minimum absolute atomic E-state index is 0.0587. The number of carbonyl (C=O) groups is 2. The van der Waals surface area contributed by atoms with Crippen LogP contribution in [0.15, 0.2) is 0 Å². The number of esters is 1. The first-order valence-electron chi connectivity index (χ1n) is 5.60. The summed E-state index contributed by atoms with van der Waals surface area (Å²) in [7, 11) is 1.36. The molecule has 0 heterocycles. The van der Waals surface area contributed by atoms with E-state index in [-0.39, 0.29) is 17.8 Å². The third kappa shape index (κ3) is 3.20. The van der Waals surface area contributed by atoms with E-state index in [4.69, 9.17) is 10.5 Å². The Kier molecular flexibility index (Phi) is 4.29. The van der Waals surface area contributed by atoms with Crippen molar-refractivity contribution in [3.63, 3.8) is 0 Å². The number of hydrogen-bond donors (Lipinski definition) is 2. The number of methoxy groups -OCH3 is 1. The van der Waals surface area contributed by atoms with Gasteiger partial charge in [-0.25, -0.2) is 0 Å². The molecule has 0 aromatic carbocycles. The number of carbonyl (C=O) groups excluding carboxylic acids is 2. The second-order valence-electron chi connectivity index (χ2n) is 4.63. The van der Waals surface area contributed by atoms with Gasteiger partial charge in [0.2, 0.25) is 5.91 Å². The first-order chi connectivity index (χ1) is 7.47. The van der Waals surface area contributed by atoms with E-state index in [2.05, 4.69) is 5.32 Å². The molecule has 1 aliphatic carbocycles. The summed E-state index contributed by atoms with van der Waals surface area (Å²) in [6.07, 6.45) is 1.99. The van der Waals surface area contributed by atoms with E-state index in [0.717, 1.165) is 12.8 Å². The highest BCUT2D eigenvalue weighted by Gasteiger charge is 2.39. The lowest BCUT2D eigenvalue weighted by Crippen LogP contribution is -2.53. The minimum atomic E-state index is -0.482. The van der Waals surface area contributed by atoms with Crippen LogP contribution >= 0.6 is 0 Å². The molecular formula is C11H20N2O3. The molecule has 0 spiro atoms. The average molecular weight is 228 g/mol. The van der Waals surface area contributed by atoms with Crippen LogP contribution in [0, 0.1) is 11.8 Å². The van der Waals surface area contributed by atoms with Crippen molar-refractivity contribution < 1.29 is 14.3 Å². The summed E-state index contributed by atoms with van der Waals surface area (Å²) in [5, 5.41) is 3.02. The lowest BCUT2D eigenvalue weighted by molar-refractivity contribution is -0.144. The van der Waals surface area contributed by atoms with Gasteiger partial charge in [0, 0.05) is 0 Å². The fourth-order valence-electron chi connectivity index (χ4n) is 1.75. The van der Waals surface area contributed by atoms with Crippen molar-refractivity contribution in [2.24, 2.45) is 17.6 Å². The van der Waals surface area contributed by atoms with Crippen molar-refractivity contribution in [2.45, 2.75) is 38.8 Å². The molecule has 0 aromatic heterocycles. The van der Waals surface area contributed by atoms with Crippen LogP contribution in [-0.2, 0) is 14.3 Å². The Hall–Kier alpha value is -1.10. The van der Waals surface area contributed by atoms with E-state index in [1.165, 1.54) is 7.11 Å². The lowest BCUT2D eigenvalue weighted by Gasteiger charge is -2.24. The van der Waals surface area contributed by atoms with Gasteiger partial charge in [-0.2, -0.15) is 0 Å². The largest absolute Gasteiger partial charge is 0.468 e. The molecule has 0 radical (unpaired) electrons. The number of rotatable bonds is 6. The highest BCUT2D eigenvalue weighted by Crippen LogP contribution is 2.33. The van der Waals surface area contributed by atoms with Crippen molar-refractivity contribution in [1.82, 2.24) is 5.32 Å². The molecule has 5 heteroatoms. The SMILES string of the molecule is COC(=O)C(NC(C(N)=O)C(C)C)C1CC1. The van der Waals surface area contributed by atoms with E-state index in [0.29, 0.717) is 0 Å². The van der Waals surface area contributed by atoms with Crippen LogP contribution in [0.1, 0.15) is 26.7 Å². The van der Waals surface area contributed by atoms with Gasteiger partial charge in [0.1, 0.15) is 6.04 Å². The molecule has 3 N–H and O–H groups in total. The lowest BCUT2D eigenvalue weighted by atomic mass is 10.0. The summed E-state index contributed by atoms with van der Waals surface area (Å²) in [5.74, 6) is -0.393. The third-order valence-electron chi connectivity index (χ3n) is 2.88. The zero-order valence-corrected chi connectivity index (χ0v) is 10.0. The Balaban J connectivity index is 2.65. The van der Waals surface area contributed by atoms with Crippen LogP contribution in [0.5, 0.6) is 0 Å². The first kappa shape index (κ1) is 13.0. The molecule has 0 bridgehead atoms. The monoisotopic (exact) mass is 228 g/mol. The van der Waals surface area contributed by atoms with Crippen molar-refractivity contribution in [3.8, 4) is 0 Å². The molecule has 2 unspecified atom stereocenters. The summed E-state index contributed by atoms with van der Waals surface area (Å²) < 4.78 is 4.72. The van der Waals surface area contributed by atoms with Gasteiger partial charge in [0.05, 0.1) is 13.2 Å². The molecule has 1 saturated carbocycles. The summed E-state index contributed by atoms with van der Waals surface area (Å²) >= 11 is 0. The molecule has 0 aliphatic heterocycles. The van der Waals surface area contributed by atoms with Gasteiger partial charge in [-0.3, -0.25) is 14.9 Å². The van der Waals surface area contributed by atoms with E-state index in [9.17, 15) is 9.59 Å². The Labute approximate surface area is 95.7 Å². The molecule has 2 atom stereocenters. The van der Waals surface area contributed by atoms with Crippen LogP contribution < -0.4 is 11.1 Å². The topological polar surface area (TPSA) is 81.4 Å². The molecule has 16 heavy (non-hydrogen) atoms. The summed E-state index contributed by atoms with van der Waals surface area (Å²) in [5.41, 5.74) is 5.29. The van der Waals surface area contributed by atoms with Crippen molar-refractivity contribution >= 4 is 11.9 Å². The number of primary amides is 1. The van der Waals surface area contributed by atoms with Crippen LogP contribution in [0.2, 0.25) is 0 Å². The van der Waals surface area contributed by atoms with Crippen molar-refractivity contribution in [1.29, 1.82) is 0 Å². The third-order valence-corrected chi connectivity index (χ3v) is 2.88. The van der Waals surface area contributed by atoms with Gasteiger partial charge >= 0.3 is 5.97 Å². The fourth-order valence-corrected chi connectivity index (χ4v) is 1.75. The molecule has 0 saturated heterocycles. The van der Waals surface area contributed by atoms with Gasteiger partial charge in [0.15, 0.2) is 0 Å². The first-order valence-corrected chi connectivity index (χ1v) is 5.60. The highest BCUT2D eigenvalue weighted by atomic mass is 16.5. The van der Waals surface area contributed by atoms with Crippen LogP contribution in [0.3, 0.4) is 0 Å². The van der Waals surface area contributed by atoms with Gasteiger partial charge in [-0.15, -0.1) is 0 Å². The normalized spacial score (nSPS) is 19.2. The molecular weight excluding hydrogens is 208 g/mol. The maximum Gasteiger partial charge on any atom is 0.323 e. The zero-order valence-electron chi connectivity index (χ0n) is 10.0. The highest BCUT2D eigenvalue weighted by molar-refractivity contribution is 5.82. The number of nitrogens with one attached hydrogen (secondary N) is 1. The quantitative estimate of drug-likeness (QED) is 0.629. The predicted octanol–water partition coefficient (Wildman–Crippen LogP) is 0.0375. The summed E-state index contributed by atoms with van der Waals surface area (Å²) in [6, 6.07) is -0.880.